The van der Waals surface area contributed by atoms with Gasteiger partial charge in [0, 0.05) is 12.8 Å². The fourth-order valence-electron chi connectivity index (χ4n) is 7.80. The maximum atomic E-state index is 12.5. The number of carbonyl (C=O) groups excluding carboxylic acids is 2. The average Bonchev–Trinajstić information content (AvgIpc) is 3.10. The number of hydrogen-bond donors (Lipinski definition) is 2. The third-order valence-electron chi connectivity index (χ3n) is 10.6. The molecule has 56 heavy (non-hydrogen) atoms. The van der Waals surface area contributed by atoms with E-state index in [9.17, 15) is 22.6 Å². The fraction of sp³-hybridized carbons (Fsp3) is 0.957. The highest BCUT2D eigenvalue weighted by Gasteiger charge is 2.24. The van der Waals surface area contributed by atoms with Crippen molar-refractivity contribution in [3.8, 4) is 0 Å². The van der Waals surface area contributed by atoms with E-state index >= 15 is 0 Å². The van der Waals surface area contributed by atoms with Crippen LogP contribution >= 0.6 is 0 Å². The Morgan fingerprint density at radius 3 is 0.911 bits per heavy atom. The van der Waals surface area contributed by atoms with Crippen LogP contribution in [0, 0.1) is 0 Å². The summed E-state index contributed by atoms with van der Waals surface area (Å²) in [5, 5.41) is 6.46. The predicted octanol–water partition coefficient (Wildman–Crippen LogP) is 12.1. The van der Waals surface area contributed by atoms with E-state index in [1.54, 1.807) is 0 Å². The molecule has 10 heteroatoms. The molecule has 0 aliphatic rings. The van der Waals surface area contributed by atoms with Crippen LogP contribution in [0.2, 0.25) is 0 Å². The number of amides is 2. The van der Waals surface area contributed by atoms with E-state index in [-0.39, 0.29) is 30.5 Å². The van der Waals surface area contributed by atoms with Crippen LogP contribution in [0.5, 0.6) is 0 Å². The normalized spacial score (nSPS) is 12.9. The second-order valence-electron chi connectivity index (χ2n) is 17.5. The van der Waals surface area contributed by atoms with Gasteiger partial charge in [-0.1, -0.05) is 194 Å². The lowest BCUT2D eigenvalue weighted by atomic mass is 10.0. The molecule has 0 saturated heterocycles. The summed E-state index contributed by atoms with van der Waals surface area (Å²) in [7, 11) is -0.0182. The first-order chi connectivity index (χ1) is 26.8. The van der Waals surface area contributed by atoms with Crippen molar-refractivity contribution < 1.29 is 31.2 Å². The van der Waals surface area contributed by atoms with E-state index in [2.05, 4.69) is 56.6 Å². The van der Waals surface area contributed by atoms with Gasteiger partial charge in [-0.2, -0.15) is 0 Å². The molecule has 2 unspecified atom stereocenters. The van der Waals surface area contributed by atoms with E-state index < -0.39 is 10.4 Å². The summed E-state index contributed by atoms with van der Waals surface area (Å²) in [5.74, 6) is 0.374. The average molecular weight is 818 g/mol. The minimum atomic E-state index is -4.42. The van der Waals surface area contributed by atoms with Gasteiger partial charge in [-0.3, -0.25) is 13.8 Å². The zero-order valence-corrected chi connectivity index (χ0v) is 39.0. The molecule has 0 radical (unpaired) electrons. The van der Waals surface area contributed by atoms with Crippen LogP contribution in [0.3, 0.4) is 0 Å². The standard InChI is InChI=1S/C44H89N3O2.C2H6O4S/c1-7-9-11-13-15-17-19-21-23-25-27-29-31-33-35-37-43(48)45-41(3)39-47(5,6)40-42(4)46-44(49)38-36-34-32-30-28-26-24-22-20-18-16-14-12-10-8-2;1-2-6-7(3,4)5/h41-42H,7-40H2,1-6H3,(H-,45,46,48,49);2H2,1H3,(H,3,4,5). The lowest BCUT2D eigenvalue weighted by Crippen LogP contribution is -2.55. The first kappa shape index (κ1) is 56.9. The molecule has 2 N–H and O–H groups in total. The molecule has 0 heterocycles. The van der Waals surface area contributed by atoms with Gasteiger partial charge in [-0.25, -0.2) is 8.42 Å². The topological polar surface area (TPSA) is 125 Å². The van der Waals surface area contributed by atoms with Crippen LogP contribution in [0.15, 0.2) is 0 Å². The summed E-state index contributed by atoms with van der Waals surface area (Å²) in [4.78, 5) is 25.1. The van der Waals surface area contributed by atoms with Gasteiger partial charge >= 0.3 is 0 Å². The number of quaternary nitrogens is 1. The van der Waals surface area contributed by atoms with Gasteiger partial charge in [0.2, 0.25) is 22.2 Å². The monoisotopic (exact) mass is 818 g/mol. The second-order valence-corrected chi connectivity index (χ2v) is 18.5. The first-order valence-corrected chi connectivity index (χ1v) is 25.1. The number of rotatable bonds is 40. The van der Waals surface area contributed by atoms with Crippen molar-refractivity contribution in [2.45, 2.75) is 252 Å². The van der Waals surface area contributed by atoms with Crippen molar-refractivity contribution in [3.63, 3.8) is 0 Å². The van der Waals surface area contributed by atoms with Crippen molar-refractivity contribution in [2.24, 2.45) is 0 Å². The Kier molecular flexibility index (Phi) is 41.2. The van der Waals surface area contributed by atoms with E-state index in [1.165, 1.54) is 174 Å². The van der Waals surface area contributed by atoms with Gasteiger partial charge in [-0.15, -0.1) is 0 Å². The number of nitrogens with one attached hydrogen (secondary N) is 2. The Morgan fingerprint density at radius 2 is 0.714 bits per heavy atom. The maximum absolute atomic E-state index is 12.5. The molecule has 0 aliphatic carbocycles. The van der Waals surface area contributed by atoms with Gasteiger partial charge in [0.05, 0.1) is 45.9 Å². The molecule has 2 atom stereocenters. The molecular formula is C46H95N3O6S. The smallest absolute Gasteiger partial charge is 0.220 e. The first-order valence-electron chi connectivity index (χ1n) is 23.8. The molecule has 336 valence electrons. The third-order valence-corrected chi connectivity index (χ3v) is 11.2. The van der Waals surface area contributed by atoms with E-state index in [0.717, 1.165) is 43.3 Å². The van der Waals surface area contributed by atoms with E-state index in [0.29, 0.717) is 12.8 Å². The molecule has 0 fully saturated rings. The van der Waals surface area contributed by atoms with Crippen LogP contribution < -0.4 is 10.6 Å². The number of nitrogens with zero attached hydrogens (tertiary/aromatic N) is 1. The molecule has 0 aromatic heterocycles. The lowest BCUT2D eigenvalue weighted by Gasteiger charge is -2.35. The predicted molar refractivity (Wildman–Crippen MR) is 237 cm³/mol. The minimum Gasteiger partial charge on any atom is -0.726 e. The molecule has 0 spiro atoms. The molecule has 0 rings (SSSR count). The third kappa shape index (κ3) is 47.1. The number of carbonyl (C=O) groups is 2. The Hall–Kier alpha value is -1.23. The van der Waals surface area contributed by atoms with Gasteiger partial charge in [0.25, 0.3) is 0 Å². The van der Waals surface area contributed by atoms with Crippen molar-refractivity contribution in [1.29, 1.82) is 0 Å². The molecule has 0 saturated carbocycles. The van der Waals surface area contributed by atoms with Crippen LogP contribution in [0.4, 0.5) is 0 Å². The van der Waals surface area contributed by atoms with Gasteiger partial charge in [-0.05, 0) is 33.6 Å². The van der Waals surface area contributed by atoms with Crippen molar-refractivity contribution >= 4 is 22.2 Å². The Balaban J connectivity index is 0. The van der Waals surface area contributed by atoms with Crippen LogP contribution in [-0.4, -0.2) is 75.1 Å². The van der Waals surface area contributed by atoms with Gasteiger partial charge in [0.15, 0.2) is 0 Å². The zero-order valence-electron chi connectivity index (χ0n) is 38.2. The molecular weight excluding hydrogens is 723 g/mol. The molecule has 2 amide bonds. The minimum absolute atomic E-state index is 0.0914. The van der Waals surface area contributed by atoms with E-state index in [4.69, 9.17) is 0 Å². The highest BCUT2D eigenvalue weighted by atomic mass is 32.3. The molecule has 0 aromatic rings. The van der Waals surface area contributed by atoms with Crippen molar-refractivity contribution in [1.82, 2.24) is 10.6 Å². The van der Waals surface area contributed by atoms with Gasteiger partial charge in [0.1, 0.15) is 0 Å². The van der Waals surface area contributed by atoms with E-state index in [1.807, 2.05) is 0 Å². The highest BCUT2D eigenvalue weighted by molar-refractivity contribution is 7.80. The van der Waals surface area contributed by atoms with Crippen molar-refractivity contribution in [2.75, 3.05) is 33.8 Å². The summed E-state index contributed by atoms with van der Waals surface area (Å²) in [6.45, 7) is 11.9. The summed E-state index contributed by atoms with van der Waals surface area (Å²) < 4.78 is 32.8. The second kappa shape index (κ2) is 40.5. The Morgan fingerprint density at radius 1 is 0.482 bits per heavy atom. The largest absolute Gasteiger partial charge is 0.726 e. The fourth-order valence-corrected chi connectivity index (χ4v) is 8.09. The maximum Gasteiger partial charge on any atom is 0.220 e. The van der Waals surface area contributed by atoms with Crippen LogP contribution in [-0.2, 0) is 24.2 Å². The van der Waals surface area contributed by atoms with Crippen LogP contribution in [0.1, 0.15) is 240 Å². The SMILES string of the molecule is CCCCCCCCCCCCCCCCCC(=O)NC(C)C[N+](C)(C)CC(C)NC(=O)CCCCCCCCCCCCCCCCC.CCOS(=O)(=O)[O-]. The number of likely N-dealkylation sites (N-methyl/N-ethyl adjacent to an activating group) is 1. The highest BCUT2D eigenvalue weighted by Crippen LogP contribution is 2.15. The van der Waals surface area contributed by atoms with Crippen LogP contribution in [0.25, 0.3) is 0 Å². The quantitative estimate of drug-likeness (QED) is 0.0275. The zero-order chi connectivity index (χ0) is 42.2. The summed E-state index contributed by atoms with van der Waals surface area (Å²) in [6, 6.07) is 0.254. The number of hydrogen-bond acceptors (Lipinski definition) is 6. The summed E-state index contributed by atoms with van der Waals surface area (Å²) >= 11 is 0. The molecule has 9 nitrogen and oxygen atoms in total. The summed E-state index contributed by atoms with van der Waals surface area (Å²) in [5.41, 5.74) is 0. The lowest BCUT2D eigenvalue weighted by molar-refractivity contribution is -0.892. The van der Waals surface area contributed by atoms with Gasteiger partial charge < -0.3 is 19.7 Å². The molecule has 0 aliphatic heterocycles. The summed E-state index contributed by atoms with van der Waals surface area (Å²) in [6.07, 6.45) is 41.6. The molecule has 0 bridgehead atoms. The number of unbranched alkanes of at least 4 members (excludes halogenated alkanes) is 28. The Labute approximate surface area is 349 Å². The molecule has 0 aromatic carbocycles. The Bertz CT molecular complexity index is 920. The van der Waals surface area contributed by atoms with Crippen molar-refractivity contribution in [3.05, 3.63) is 0 Å².